The van der Waals surface area contributed by atoms with E-state index in [1.54, 1.807) is 7.11 Å². The Hall–Kier alpha value is -2.98. The van der Waals surface area contributed by atoms with Gasteiger partial charge in [0.05, 0.1) is 13.7 Å². The molecular formula is C23H24N2O2. The van der Waals surface area contributed by atoms with Crippen LogP contribution in [0.25, 0.3) is 22.2 Å². The molecule has 0 amide bonds. The van der Waals surface area contributed by atoms with Crippen molar-refractivity contribution in [3.05, 3.63) is 78.2 Å². The lowest BCUT2D eigenvalue weighted by atomic mass is 10.1. The Bertz CT molecular complexity index is 1050. The van der Waals surface area contributed by atoms with Crippen LogP contribution in [-0.2, 0) is 20.0 Å². The number of aryl methyl sites for hydroxylation is 1. The van der Waals surface area contributed by atoms with E-state index in [4.69, 9.17) is 9.15 Å². The molecule has 0 saturated heterocycles. The highest BCUT2D eigenvalue weighted by Gasteiger charge is 2.07. The van der Waals surface area contributed by atoms with Crippen molar-refractivity contribution in [2.45, 2.75) is 13.0 Å². The average molecular weight is 360 g/mol. The highest BCUT2D eigenvalue weighted by atomic mass is 16.5. The van der Waals surface area contributed by atoms with Crippen LogP contribution in [0.5, 0.6) is 5.75 Å². The monoisotopic (exact) mass is 360 g/mol. The van der Waals surface area contributed by atoms with E-state index in [1.807, 2.05) is 36.4 Å². The predicted octanol–water partition coefficient (Wildman–Crippen LogP) is 4.78. The Balaban J connectivity index is 1.35. The Morgan fingerprint density at radius 2 is 1.93 bits per heavy atom. The van der Waals surface area contributed by atoms with Gasteiger partial charge in [-0.05, 0) is 48.9 Å². The molecule has 0 bridgehead atoms. The molecule has 0 unspecified atom stereocenters. The second kappa shape index (κ2) is 7.72. The topological polar surface area (TPSA) is 39.3 Å². The summed E-state index contributed by atoms with van der Waals surface area (Å²) in [4.78, 5) is 0. The zero-order valence-corrected chi connectivity index (χ0v) is 15.7. The molecule has 0 aliphatic carbocycles. The summed E-state index contributed by atoms with van der Waals surface area (Å²) >= 11 is 0. The number of fused-ring (bicyclic) bond motifs is 1. The van der Waals surface area contributed by atoms with Crippen LogP contribution >= 0.6 is 0 Å². The number of benzene rings is 2. The highest BCUT2D eigenvalue weighted by molar-refractivity contribution is 5.83. The first-order valence-corrected chi connectivity index (χ1v) is 9.21. The lowest BCUT2D eigenvalue weighted by Crippen LogP contribution is -2.16. The molecule has 0 aliphatic heterocycles. The summed E-state index contributed by atoms with van der Waals surface area (Å²) in [6.07, 6.45) is 3.21. The lowest BCUT2D eigenvalue weighted by molar-refractivity contribution is 0.414. The maximum Gasteiger partial charge on any atom is 0.134 e. The summed E-state index contributed by atoms with van der Waals surface area (Å²) in [5.74, 6) is 2.63. The number of rotatable bonds is 7. The van der Waals surface area contributed by atoms with Gasteiger partial charge in [-0.25, -0.2) is 0 Å². The molecule has 2 heterocycles. The third kappa shape index (κ3) is 3.76. The van der Waals surface area contributed by atoms with Gasteiger partial charge in [0, 0.05) is 29.7 Å². The minimum absolute atomic E-state index is 0.717. The number of nitrogens with one attached hydrogen (secondary N) is 1. The van der Waals surface area contributed by atoms with E-state index in [2.05, 4.69) is 47.4 Å². The average Bonchev–Trinajstić information content (AvgIpc) is 3.31. The van der Waals surface area contributed by atoms with Crippen molar-refractivity contribution in [3.63, 3.8) is 0 Å². The first kappa shape index (κ1) is 17.4. The van der Waals surface area contributed by atoms with Crippen LogP contribution in [0.1, 0.15) is 11.3 Å². The largest absolute Gasteiger partial charge is 0.497 e. The number of methoxy groups -OCH3 is 1. The maximum absolute atomic E-state index is 5.97. The Labute approximate surface area is 159 Å². The molecule has 2 aromatic carbocycles. The number of furan rings is 1. The molecule has 0 saturated carbocycles. The van der Waals surface area contributed by atoms with Gasteiger partial charge >= 0.3 is 0 Å². The number of hydrogen-bond donors (Lipinski definition) is 1. The summed E-state index contributed by atoms with van der Waals surface area (Å²) in [6.45, 7) is 1.62. The van der Waals surface area contributed by atoms with Crippen LogP contribution in [0.3, 0.4) is 0 Å². The van der Waals surface area contributed by atoms with Gasteiger partial charge in [0.15, 0.2) is 0 Å². The molecule has 0 aliphatic rings. The quantitative estimate of drug-likeness (QED) is 0.482. The zero-order chi connectivity index (χ0) is 18.6. The molecule has 27 heavy (non-hydrogen) atoms. The van der Waals surface area contributed by atoms with E-state index >= 15 is 0 Å². The van der Waals surface area contributed by atoms with Gasteiger partial charge < -0.3 is 19.0 Å². The Kier molecular flexibility index (Phi) is 4.99. The lowest BCUT2D eigenvalue weighted by Gasteiger charge is -2.03. The molecule has 4 aromatic rings. The minimum Gasteiger partial charge on any atom is -0.497 e. The molecule has 0 radical (unpaired) electrons. The van der Waals surface area contributed by atoms with Crippen LogP contribution in [0.2, 0.25) is 0 Å². The minimum atomic E-state index is 0.717. The van der Waals surface area contributed by atoms with Crippen molar-refractivity contribution in [3.8, 4) is 17.1 Å². The third-order valence-electron chi connectivity index (χ3n) is 4.87. The van der Waals surface area contributed by atoms with E-state index in [1.165, 1.54) is 16.5 Å². The van der Waals surface area contributed by atoms with Crippen LogP contribution in [0.4, 0.5) is 0 Å². The van der Waals surface area contributed by atoms with Crippen LogP contribution in [-0.4, -0.2) is 18.2 Å². The van der Waals surface area contributed by atoms with E-state index in [0.29, 0.717) is 6.54 Å². The molecule has 1 N–H and O–H groups in total. The van der Waals surface area contributed by atoms with Crippen molar-refractivity contribution in [1.29, 1.82) is 0 Å². The molecule has 0 fully saturated rings. The van der Waals surface area contributed by atoms with Crippen LogP contribution in [0, 0.1) is 0 Å². The SMILES string of the molecule is COc1cccc(-c2ccc(CNCCc3cn(C)c4ccccc34)o2)c1. The molecule has 4 nitrogen and oxygen atoms in total. The molecule has 4 rings (SSSR count). The summed E-state index contributed by atoms with van der Waals surface area (Å²) < 4.78 is 13.4. The van der Waals surface area contributed by atoms with Crippen molar-refractivity contribution in [1.82, 2.24) is 9.88 Å². The van der Waals surface area contributed by atoms with Crippen molar-refractivity contribution in [2.24, 2.45) is 7.05 Å². The van der Waals surface area contributed by atoms with E-state index in [0.717, 1.165) is 35.8 Å². The molecule has 0 spiro atoms. The number of hydrogen-bond acceptors (Lipinski definition) is 3. The van der Waals surface area contributed by atoms with E-state index in [-0.39, 0.29) is 0 Å². The number of para-hydroxylation sites is 1. The molecule has 4 heteroatoms. The number of ether oxygens (including phenoxy) is 1. The second-order valence-electron chi connectivity index (χ2n) is 6.71. The fraction of sp³-hybridized carbons (Fsp3) is 0.217. The van der Waals surface area contributed by atoms with Gasteiger partial charge in [-0.15, -0.1) is 0 Å². The summed E-state index contributed by atoms with van der Waals surface area (Å²) in [5.41, 5.74) is 3.68. The van der Waals surface area contributed by atoms with Crippen LogP contribution < -0.4 is 10.1 Å². The maximum atomic E-state index is 5.97. The van der Waals surface area contributed by atoms with Gasteiger partial charge in [-0.3, -0.25) is 0 Å². The third-order valence-corrected chi connectivity index (χ3v) is 4.87. The molecular weight excluding hydrogens is 336 g/mol. The predicted molar refractivity (Wildman–Crippen MR) is 109 cm³/mol. The molecule has 0 atom stereocenters. The normalized spacial score (nSPS) is 11.2. The fourth-order valence-electron chi connectivity index (χ4n) is 3.46. The first-order chi connectivity index (χ1) is 13.2. The summed E-state index contributed by atoms with van der Waals surface area (Å²) in [6, 6.07) is 20.5. The molecule has 138 valence electrons. The van der Waals surface area contributed by atoms with Crippen molar-refractivity contribution < 1.29 is 9.15 Å². The number of aromatic nitrogens is 1. The van der Waals surface area contributed by atoms with Gasteiger partial charge in [-0.2, -0.15) is 0 Å². The smallest absolute Gasteiger partial charge is 0.134 e. The van der Waals surface area contributed by atoms with Crippen LogP contribution in [0.15, 0.2) is 71.3 Å². The first-order valence-electron chi connectivity index (χ1n) is 9.21. The Morgan fingerprint density at radius 3 is 2.81 bits per heavy atom. The van der Waals surface area contributed by atoms with Gasteiger partial charge in [0.2, 0.25) is 0 Å². The second-order valence-corrected chi connectivity index (χ2v) is 6.71. The van der Waals surface area contributed by atoms with Gasteiger partial charge in [-0.1, -0.05) is 30.3 Å². The van der Waals surface area contributed by atoms with E-state index in [9.17, 15) is 0 Å². The summed E-state index contributed by atoms with van der Waals surface area (Å²) in [5, 5.41) is 4.82. The highest BCUT2D eigenvalue weighted by Crippen LogP contribution is 2.25. The molecule has 2 aromatic heterocycles. The zero-order valence-electron chi connectivity index (χ0n) is 15.7. The Morgan fingerprint density at radius 1 is 1.04 bits per heavy atom. The van der Waals surface area contributed by atoms with Crippen molar-refractivity contribution in [2.75, 3.05) is 13.7 Å². The van der Waals surface area contributed by atoms with Gasteiger partial charge in [0.25, 0.3) is 0 Å². The van der Waals surface area contributed by atoms with Crippen molar-refractivity contribution >= 4 is 10.9 Å². The standard InChI is InChI=1S/C23H24N2O2/c1-25-16-18(21-8-3-4-9-22(21)25)12-13-24-15-20-10-11-23(27-20)17-6-5-7-19(14-17)26-2/h3-11,14,16,24H,12-13,15H2,1-2H3. The fourth-order valence-corrected chi connectivity index (χ4v) is 3.46. The number of nitrogens with zero attached hydrogens (tertiary/aromatic N) is 1. The van der Waals surface area contributed by atoms with Gasteiger partial charge in [0.1, 0.15) is 17.3 Å². The van der Waals surface area contributed by atoms with E-state index < -0.39 is 0 Å². The summed E-state index contributed by atoms with van der Waals surface area (Å²) in [7, 11) is 3.77.